The van der Waals surface area contributed by atoms with Crippen LogP contribution in [0.3, 0.4) is 0 Å². The van der Waals surface area contributed by atoms with Crippen LogP contribution >= 0.6 is 11.6 Å². The second-order valence-corrected chi connectivity index (χ2v) is 7.96. The van der Waals surface area contributed by atoms with Crippen molar-refractivity contribution in [3.63, 3.8) is 0 Å². The van der Waals surface area contributed by atoms with Crippen LogP contribution in [0.25, 0.3) is 0 Å². The van der Waals surface area contributed by atoms with E-state index in [1.165, 1.54) is 12.1 Å². The number of sulfone groups is 1. The van der Waals surface area contributed by atoms with E-state index in [-0.39, 0.29) is 5.75 Å². The Kier molecular flexibility index (Phi) is 5.05. The third-order valence-electron chi connectivity index (χ3n) is 2.24. The maximum atomic E-state index is 12.0. The van der Waals surface area contributed by atoms with Crippen LogP contribution in [-0.4, -0.2) is 25.7 Å². The lowest BCUT2D eigenvalue weighted by Gasteiger charge is -2.19. The minimum atomic E-state index is -3.66. The Hall–Kier alpha value is -1.27. The van der Waals surface area contributed by atoms with Gasteiger partial charge in [-0.1, -0.05) is 11.6 Å². The smallest absolute Gasteiger partial charge is 0.321 e. The van der Waals surface area contributed by atoms with E-state index in [0.29, 0.717) is 16.3 Å². The van der Waals surface area contributed by atoms with E-state index in [4.69, 9.17) is 22.1 Å². The van der Waals surface area contributed by atoms with Gasteiger partial charge in [-0.3, -0.25) is 4.79 Å². The van der Waals surface area contributed by atoms with Crippen LogP contribution in [0.15, 0.2) is 18.2 Å². The summed E-state index contributed by atoms with van der Waals surface area (Å²) < 4.78 is 28.9. The summed E-state index contributed by atoms with van der Waals surface area (Å²) in [4.78, 5) is 11.6. The third kappa shape index (κ3) is 5.79. The quantitative estimate of drug-likeness (QED) is 0.679. The molecule has 0 bridgehead atoms. The van der Waals surface area contributed by atoms with Gasteiger partial charge in [-0.05, 0) is 44.5 Å². The van der Waals surface area contributed by atoms with E-state index in [0.717, 1.165) is 0 Å². The fourth-order valence-corrected chi connectivity index (χ4v) is 2.98. The fraction of sp³-hybridized carbons (Fsp3) is 0.462. The van der Waals surface area contributed by atoms with Gasteiger partial charge in [-0.2, -0.15) is 0 Å². The molecule has 20 heavy (non-hydrogen) atoms. The van der Waals surface area contributed by atoms with Crippen molar-refractivity contribution in [2.24, 2.45) is 0 Å². The lowest BCUT2D eigenvalue weighted by Crippen LogP contribution is -2.29. The maximum absolute atomic E-state index is 12.0. The lowest BCUT2D eigenvalue weighted by molar-refractivity contribution is -0.151. The molecular formula is C13H18ClNO4S. The van der Waals surface area contributed by atoms with Gasteiger partial charge in [0.05, 0.1) is 5.75 Å². The number of halogens is 1. The molecule has 0 aliphatic rings. The van der Waals surface area contributed by atoms with Crippen molar-refractivity contribution in [3.8, 4) is 0 Å². The Balaban J connectivity index is 2.80. The van der Waals surface area contributed by atoms with Gasteiger partial charge in [0.1, 0.15) is 11.4 Å². The highest BCUT2D eigenvalue weighted by Crippen LogP contribution is 2.20. The van der Waals surface area contributed by atoms with Gasteiger partial charge in [0.15, 0.2) is 9.84 Å². The molecule has 1 aromatic rings. The van der Waals surface area contributed by atoms with Gasteiger partial charge in [0, 0.05) is 10.7 Å². The standard InChI is InChI=1S/C13H18ClNO4S/c1-13(2,3)19-12(16)8-20(17,18)7-9-6-10(14)4-5-11(9)15/h4-6H,7-8,15H2,1-3H3. The molecule has 0 heterocycles. The predicted octanol–water partition coefficient (Wildman–Crippen LogP) is 2.18. The van der Waals surface area contributed by atoms with Gasteiger partial charge in [0.2, 0.25) is 0 Å². The third-order valence-corrected chi connectivity index (χ3v) is 3.90. The van der Waals surface area contributed by atoms with Crippen LogP contribution in [0, 0.1) is 0 Å². The normalized spacial score (nSPS) is 12.2. The van der Waals surface area contributed by atoms with Crippen molar-refractivity contribution in [2.75, 3.05) is 11.5 Å². The second kappa shape index (κ2) is 6.01. The van der Waals surface area contributed by atoms with Gasteiger partial charge in [-0.15, -0.1) is 0 Å². The summed E-state index contributed by atoms with van der Waals surface area (Å²) in [6.45, 7) is 5.02. The number of rotatable bonds is 4. The topological polar surface area (TPSA) is 86.5 Å². The van der Waals surface area contributed by atoms with Crippen molar-refractivity contribution in [3.05, 3.63) is 28.8 Å². The Morgan fingerprint density at radius 1 is 1.35 bits per heavy atom. The molecule has 0 aromatic heterocycles. The van der Waals surface area contributed by atoms with Crippen molar-refractivity contribution >= 4 is 33.1 Å². The molecule has 1 aromatic carbocycles. The zero-order chi connectivity index (χ0) is 15.6. The summed E-state index contributed by atoms with van der Waals surface area (Å²) >= 11 is 5.80. The van der Waals surface area contributed by atoms with Crippen LogP contribution < -0.4 is 5.73 Å². The molecule has 0 aliphatic heterocycles. The van der Waals surface area contributed by atoms with E-state index in [9.17, 15) is 13.2 Å². The number of hydrogen-bond acceptors (Lipinski definition) is 5. The highest BCUT2D eigenvalue weighted by molar-refractivity contribution is 7.91. The fourth-order valence-electron chi connectivity index (χ4n) is 1.54. The summed E-state index contributed by atoms with van der Waals surface area (Å²) in [5.74, 6) is -1.81. The molecule has 112 valence electrons. The molecule has 0 unspecified atom stereocenters. The van der Waals surface area contributed by atoms with Crippen LogP contribution in [0.4, 0.5) is 5.69 Å². The average Bonchev–Trinajstić information content (AvgIpc) is 2.18. The number of esters is 1. The predicted molar refractivity (Wildman–Crippen MR) is 79.2 cm³/mol. The second-order valence-electron chi connectivity index (χ2n) is 5.46. The first-order valence-corrected chi connectivity index (χ1v) is 8.15. The number of carbonyl (C=O) groups excluding carboxylic acids is 1. The molecule has 0 saturated carbocycles. The summed E-state index contributed by atoms with van der Waals surface area (Å²) in [7, 11) is -3.66. The van der Waals surface area contributed by atoms with Crippen LogP contribution in [0.1, 0.15) is 26.3 Å². The van der Waals surface area contributed by atoms with Gasteiger partial charge in [-0.25, -0.2) is 8.42 Å². The number of hydrogen-bond donors (Lipinski definition) is 1. The molecule has 0 amide bonds. The zero-order valence-electron chi connectivity index (χ0n) is 11.6. The number of nitrogens with two attached hydrogens (primary N) is 1. The first-order valence-electron chi connectivity index (χ1n) is 5.95. The Labute approximate surface area is 124 Å². The minimum absolute atomic E-state index is 0.321. The minimum Gasteiger partial charge on any atom is -0.459 e. The first kappa shape index (κ1) is 16.8. The van der Waals surface area contributed by atoms with Crippen molar-refractivity contribution in [2.45, 2.75) is 32.1 Å². The molecule has 1 rings (SSSR count). The van der Waals surface area contributed by atoms with E-state index in [1.54, 1.807) is 26.8 Å². The molecule has 0 atom stereocenters. The van der Waals surface area contributed by atoms with Crippen molar-refractivity contribution < 1.29 is 17.9 Å². The molecule has 7 heteroatoms. The number of ether oxygens (including phenoxy) is 1. The Bertz CT molecular complexity index is 605. The van der Waals surface area contributed by atoms with E-state index in [2.05, 4.69) is 0 Å². The van der Waals surface area contributed by atoms with Crippen LogP contribution in [-0.2, 0) is 25.1 Å². The zero-order valence-corrected chi connectivity index (χ0v) is 13.2. The van der Waals surface area contributed by atoms with E-state index < -0.39 is 27.2 Å². The van der Waals surface area contributed by atoms with E-state index >= 15 is 0 Å². The van der Waals surface area contributed by atoms with Crippen LogP contribution in [0.5, 0.6) is 0 Å². The largest absolute Gasteiger partial charge is 0.459 e. The number of anilines is 1. The van der Waals surface area contributed by atoms with Gasteiger partial charge < -0.3 is 10.5 Å². The van der Waals surface area contributed by atoms with Crippen molar-refractivity contribution in [1.29, 1.82) is 0 Å². The molecule has 0 spiro atoms. The van der Waals surface area contributed by atoms with Crippen molar-refractivity contribution in [1.82, 2.24) is 0 Å². The molecule has 0 fully saturated rings. The van der Waals surface area contributed by atoms with Gasteiger partial charge >= 0.3 is 5.97 Å². The molecule has 0 saturated heterocycles. The summed E-state index contributed by atoms with van der Waals surface area (Å²) in [5.41, 5.74) is 5.67. The monoisotopic (exact) mass is 319 g/mol. The van der Waals surface area contributed by atoms with Gasteiger partial charge in [0.25, 0.3) is 0 Å². The summed E-state index contributed by atoms with van der Waals surface area (Å²) in [6.07, 6.45) is 0. The molecule has 0 aliphatic carbocycles. The maximum Gasteiger partial charge on any atom is 0.321 e. The highest BCUT2D eigenvalue weighted by Gasteiger charge is 2.23. The Morgan fingerprint density at radius 3 is 2.50 bits per heavy atom. The Morgan fingerprint density at radius 2 is 1.95 bits per heavy atom. The van der Waals surface area contributed by atoms with Crippen LogP contribution in [0.2, 0.25) is 5.02 Å². The SMILES string of the molecule is CC(C)(C)OC(=O)CS(=O)(=O)Cc1cc(Cl)ccc1N. The van der Waals surface area contributed by atoms with E-state index in [1.807, 2.05) is 0 Å². The summed E-state index contributed by atoms with van der Waals surface area (Å²) in [6, 6.07) is 4.57. The first-order chi connectivity index (χ1) is 8.98. The number of carbonyl (C=O) groups is 1. The lowest BCUT2D eigenvalue weighted by atomic mass is 10.2. The number of nitrogen functional groups attached to an aromatic ring is 1. The molecular weight excluding hydrogens is 302 g/mol. The molecule has 0 radical (unpaired) electrons. The molecule has 5 nitrogen and oxygen atoms in total. The molecule has 2 N–H and O–H groups in total. The average molecular weight is 320 g/mol. The number of benzene rings is 1. The highest BCUT2D eigenvalue weighted by atomic mass is 35.5. The summed E-state index contributed by atoms with van der Waals surface area (Å²) in [5, 5.41) is 0.390.